The second kappa shape index (κ2) is 5.50. The van der Waals surface area contributed by atoms with E-state index in [4.69, 9.17) is 5.11 Å². The van der Waals surface area contributed by atoms with Crippen LogP contribution in [0.2, 0.25) is 0 Å². The predicted octanol–water partition coefficient (Wildman–Crippen LogP) is 1.56. The van der Waals surface area contributed by atoms with E-state index in [9.17, 15) is 4.79 Å². The molecule has 1 rings (SSSR count). The minimum absolute atomic E-state index is 0.120. The Morgan fingerprint density at radius 1 is 1.33 bits per heavy atom. The smallest absolute Gasteiger partial charge is 0.223 e. The highest BCUT2D eigenvalue weighted by Gasteiger charge is 2.28. The lowest BCUT2D eigenvalue weighted by Crippen LogP contribution is -2.38. The highest BCUT2D eigenvalue weighted by molar-refractivity contribution is 5.78. The Balaban J connectivity index is 2.38. The molecule has 0 radical (unpaired) electrons. The maximum Gasteiger partial charge on any atom is 0.223 e. The second-order valence-corrected chi connectivity index (χ2v) is 5.21. The van der Waals surface area contributed by atoms with Gasteiger partial charge in [-0.3, -0.25) is 4.79 Å². The predicted molar refractivity (Wildman–Crippen MR) is 60.4 cm³/mol. The van der Waals surface area contributed by atoms with E-state index >= 15 is 0 Å². The number of aliphatic hydroxyl groups is 1. The van der Waals surface area contributed by atoms with Gasteiger partial charge in [-0.2, -0.15) is 0 Å². The molecular formula is C12H23NO2. The molecule has 3 heteroatoms. The number of carbonyl (C=O) groups excluding carboxylic acids is 1. The molecule has 0 saturated heterocycles. The van der Waals surface area contributed by atoms with Gasteiger partial charge in [0.15, 0.2) is 0 Å². The zero-order valence-electron chi connectivity index (χ0n) is 9.99. The Morgan fingerprint density at radius 2 is 1.87 bits per heavy atom. The zero-order chi connectivity index (χ0) is 11.4. The van der Waals surface area contributed by atoms with Crippen LogP contribution in [0, 0.1) is 17.8 Å². The minimum atomic E-state index is -0.451. The van der Waals surface area contributed by atoms with E-state index in [1.54, 1.807) is 6.92 Å². The van der Waals surface area contributed by atoms with Gasteiger partial charge in [0.1, 0.15) is 0 Å². The topological polar surface area (TPSA) is 49.3 Å². The number of rotatable bonds is 3. The average molecular weight is 213 g/mol. The zero-order valence-corrected chi connectivity index (χ0v) is 9.99. The molecule has 1 saturated carbocycles. The molecular weight excluding hydrogens is 190 g/mol. The highest BCUT2D eigenvalue weighted by atomic mass is 16.3. The van der Waals surface area contributed by atoms with Gasteiger partial charge in [0.05, 0.1) is 6.10 Å². The highest BCUT2D eigenvalue weighted by Crippen LogP contribution is 2.32. The summed E-state index contributed by atoms with van der Waals surface area (Å²) in [5, 5.41) is 11.9. The van der Waals surface area contributed by atoms with Crippen molar-refractivity contribution in [3.63, 3.8) is 0 Å². The Morgan fingerprint density at radius 3 is 2.33 bits per heavy atom. The molecule has 0 spiro atoms. The molecule has 0 heterocycles. The number of nitrogens with one attached hydrogen (secondary N) is 1. The molecule has 0 aliphatic heterocycles. The second-order valence-electron chi connectivity index (χ2n) is 5.21. The monoisotopic (exact) mass is 213 g/mol. The van der Waals surface area contributed by atoms with Crippen LogP contribution in [0.5, 0.6) is 0 Å². The summed E-state index contributed by atoms with van der Waals surface area (Å²) in [4.78, 5) is 11.8. The fourth-order valence-electron chi connectivity index (χ4n) is 2.55. The molecule has 1 fully saturated rings. The van der Waals surface area contributed by atoms with Crippen molar-refractivity contribution in [2.75, 3.05) is 6.54 Å². The molecule has 1 aliphatic carbocycles. The van der Waals surface area contributed by atoms with E-state index in [2.05, 4.69) is 19.2 Å². The van der Waals surface area contributed by atoms with E-state index in [0.29, 0.717) is 18.4 Å². The molecule has 0 bridgehead atoms. The van der Waals surface area contributed by atoms with Crippen molar-refractivity contribution >= 4 is 5.91 Å². The van der Waals surface area contributed by atoms with Crippen molar-refractivity contribution < 1.29 is 9.90 Å². The van der Waals surface area contributed by atoms with Gasteiger partial charge in [0, 0.05) is 12.5 Å². The molecule has 1 aliphatic rings. The fourth-order valence-corrected chi connectivity index (χ4v) is 2.55. The minimum Gasteiger partial charge on any atom is -0.392 e. The Hall–Kier alpha value is -0.570. The summed E-state index contributed by atoms with van der Waals surface area (Å²) in [5.41, 5.74) is 0. The van der Waals surface area contributed by atoms with Crippen LogP contribution in [-0.2, 0) is 4.79 Å². The number of amides is 1. The van der Waals surface area contributed by atoms with Crippen molar-refractivity contribution in [2.24, 2.45) is 17.8 Å². The van der Waals surface area contributed by atoms with E-state index in [-0.39, 0.29) is 11.8 Å². The van der Waals surface area contributed by atoms with Gasteiger partial charge in [-0.05, 0) is 38.0 Å². The van der Waals surface area contributed by atoms with Gasteiger partial charge in [-0.25, -0.2) is 0 Å². The van der Waals surface area contributed by atoms with Crippen LogP contribution in [0.25, 0.3) is 0 Å². The van der Waals surface area contributed by atoms with Gasteiger partial charge in [0.25, 0.3) is 0 Å². The van der Waals surface area contributed by atoms with Gasteiger partial charge >= 0.3 is 0 Å². The summed E-state index contributed by atoms with van der Waals surface area (Å²) in [6.07, 6.45) is 2.78. The van der Waals surface area contributed by atoms with Crippen molar-refractivity contribution in [3.8, 4) is 0 Å². The summed E-state index contributed by atoms with van der Waals surface area (Å²) < 4.78 is 0. The van der Waals surface area contributed by atoms with E-state index in [1.807, 2.05) is 0 Å². The van der Waals surface area contributed by atoms with Gasteiger partial charge in [-0.1, -0.05) is 13.8 Å². The Labute approximate surface area is 92.3 Å². The first-order chi connectivity index (χ1) is 6.99. The largest absolute Gasteiger partial charge is 0.392 e. The third-order valence-corrected chi connectivity index (χ3v) is 3.12. The molecule has 15 heavy (non-hydrogen) atoms. The van der Waals surface area contributed by atoms with Crippen LogP contribution in [0.1, 0.15) is 40.0 Å². The molecule has 0 aromatic heterocycles. The first kappa shape index (κ1) is 12.5. The van der Waals surface area contributed by atoms with Crippen LogP contribution < -0.4 is 5.32 Å². The lowest BCUT2D eigenvalue weighted by atomic mass is 9.76. The standard InChI is InChI=1S/C12H23NO2/c1-8-4-9(2)6-11(5-8)12(15)13-7-10(3)14/h8-11,14H,4-7H2,1-3H3,(H,13,15)/t8?,9?,10-,11?/m1/s1. The lowest BCUT2D eigenvalue weighted by Gasteiger charge is -2.30. The molecule has 3 nitrogen and oxygen atoms in total. The maximum atomic E-state index is 11.8. The van der Waals surface area contributed by atoms with E-state index in [1.165, 1.54) is 6.42 Å². The van der Waals surface area contributed by atoms with Gasteiger partial charge < -0.3 is 10.4 Å². The first-order valence-corrected chi connectivity index (χ1v) is 5.94. The fraction of sp³-hybridized carbons (Fsp3) is 0.917. The molecule has 2 unspecified atom stereocenters. The van der Waals surface area contributed by atoms with E-state index < -0.39 is 6.10 Å². The molecule has 0 aromatic carbocycles. The summed E-state index contributed by atoms with van der Waals surface area (Å²) in [5.74, 6) is 1.57. The van der Waals surface area contributed by atoms with Crippen molar-refractivity contribution in [1.29, 1.82) is 0 Å². The third-order valence-electron chi connectivity index (χ3n) is 3.12. The Bertz CT molecular complexity index is 206. The van der Waals surface area contributed by atoms with Crippen LogP contribution in [-0.4, -0.2) is 23.7 Å². The molecule has 88 valence electrons. The first-order valence-electron chi connectivity index (χ1n) is 5.94. The normalized spacial score (nSPS) is 33.5. The summed E-state index contributed by atoms with van der Waals surface area (Å²) >= 11 is 0. The van der Waals surface area contributed by atoms with Crippen LogP contribution >= 0.6 is 0 Å². The van der Waals surface area contributed by atoms with Crippen LogP contribution in [0.3, 0.4) is 0 Å². The Kier molecular flexibility index (Phi) is 4.58. The lowest BCUT2D eigenvalue weighted by molar-refractivity contribution is -0.127. The summed E-state index contributed by atoms with van der Waals surface area (Å²) in [7, 11) is 0. The molecule has 2 N–H and O–H groups in total. The number of carbonyl (C=O) groups is 1. The molecule has 0 aromatic rings. The van der Waals surface area contributed by atoms with Crippen molar-refractivity contribution in [1.82, 2.24) is 5.32 Å². The summed E-state index contributed by atoms with van der Waals surface area (Å²) in [6, 6.07) is 0. The summed E-state index contributed by atoms with van der Waals surface area (Å²) in [6.45, 7) is 6.49. The quantitative estimate of drug-likeness (QED) is 0.747. The van der Waals surface area contributed by atoms with Gasteiger partial charge in [-0.15, -0.1) is 0 Å². The van der Waals surface area contributed by atoms with Crippen molar-refractivity contribution in [3.05, 3.63) is 0 Å². The number of hydrogen-bond donors (Lipinski definition) is 2. The van der Waals surface area contributed by atoms with Crippen molar-refractivity contribution in [2.45, 2.75) is 46.1 Å². The maximum absolute atomic E-state index is 11.8. The molecule has 1 amide bonds. The molecule has 3 atom stereocenters. The number of aliphatic hydroxyl groups excluding tert-OH is 1. The average Bonchev–Trinajstić information content (AvgIpc) is 2.12. The van der Waals surface area contributed by atoms with Crippen LogP contribution in [0.4, 0.5) is 0 Å². The third kappa shape index (κ3) is 4.20. The number of hydrogen-bond acceptors (Lipinski definition) is 2. The SMILES string of the molecule is CC1CC(C)CC(C(=O)NC[C@@H](C)O)C1. The van der Waals surface area contributed by atoms with Gasteiger partial charge in [0.2, 0.25) is 5.91 Å². The van der Waals surface area contributed by atoms with Crippen LogP contribution in [0.15, 0.2) is 0 Å². The van der Waals surface area contributed by atoms with E-state index in [0.717, 1.165) is 12.8 Å².